The fourth-order valence-electron chi connectivity index (χ4n) is 3.40. The maximum absolute atomic E-state index is 12.3. The van der Waals surface area contributed by atoms with Crippen LogP contribution >= 0.6 is 0 Å². The summed E-state index contributed by atoms with van der Waals surface area (Å²) in [5.41, 5.74) is 8.91. The van der Waals surface area contributed by atoms with Crippen LogP contribution in [-0.4, -0.2) is 51.1 Å². The number of carbonyl (C=O) groups excluding carboxylic acids is 1. The van der Waals surface area contributed by atoms with E-state index in [0.717, 1.165) is 37.4 Å². The first-order valence-corrected chi connectivity index (χ1v) is 9.31. The molecule has 0 saturated carbocycles. The van der Waals surface area contributed by atoms with Gasteiger partial charge in [0, 0.05) is 35.9 Å². The summed E-state index contributed by atoms with van der Waals surface area (Å²) >= 11 is 0. The van der Waals surface area contributed by atoms with Crippen molar-refractivity contribution in [3.05, 3.63) is 52.4 Å². The summed E-state index contributed by atoms with van der Waals surface area (Å²) in [6.07, 6.45) is 7.62. The lowest BCUT2D eigenvalue weighted by Gasteiger charge is -2.17. The van der Waals surface area contributed by atoms with Crippen molar-refractivity contribution >= 4 is 17.7 Å². The van der Waals surface area contributed by atoms with E-state index in [0.29, 0.717) is 16.8 Å². The summed E-state index contributed by atoms with van der Waals surface area (Å²) in [4.78, 5) is 26.2. The Kier molecular flexibility index (Phi) is 5.81. The first kappa shape index (κ1) is 19.0. The summed E-state index contributed by atoms with van der Waals surface area (Å²) in [5, 5.41) is 4.15. The van der Waals surface area contributed by atoms with E-state index >= 15 is 0 Å². The number of hydrazone groups is 1. The standard InChI is InChI=1S/C20H26N6O/c1-5-26(6-2)8-7-16-13(3)18(23-14(16)4)9-17-19(24-25-20(17)27)15-10-21-12-22-11-15/h9-12,23H,5-8H2,1-4H3,(H,25,27). The first-order valence-electron chi connectivity index (χ1n) is 9.31. The molecule has 1 aliphatic rings. The minimum atomic E-state index is -0.217. The van der Waals surface area contributed by atoms with Gasteiger partial charge in [-0.1, -0.05) is 13.8 Å². The van der Waals surface area contributed by atoms with E-state index < -0.39 is 0 Å². The van der Waals surface area contributed by atoms with Crippen LogP contribution in [0, 0.1) is 13.8 Å². The molecule has 0 aromatic carbocycles. The number of aromatic nitrogens is 3. The third-order valence-corrected chi connectivity index (χ3v) is 5.10. The van der Waals surface area contributed by atoms with Crippen molar-refractivity contribution in [1.82, 2.24) is 25.3 Å². The summed E-state index contributed by atoms with van der Waals surface area (Å²) in [7, 11) is 0. The summed E-state index contributed by atoms with van der Waals surface area (Å²) in [6.45, 7) is 11.7. The van der Waals surface area contributed by atoms with E-state index in [2.05, 4.69) is 58.1 Å². The van der Waals surface area contributed by atoms with Crippen molar-refractivity contribution in [1.29, 1.82) is 0 Å². The summed E-state index contributed by atoms with van der Waals surface area (Å²) in [5.74, 6) is -0.217. The molecule has 2 aromatic heterocycles. The Balaban J connectivity index is 1.89. The van der Waals surface area contributed by atoms with E-state index in [1.165, 1.54) is 17.5 Å². The lowest BCUT2D eigenvalue weighted by Crippen LogP contribution is -2.25. The Hall–Kier alpha value is -2.80. The number of amides is 1. The van der Waals surface area contributed by atoms with Crippen LogP contribution in [0.5, 0.6) is 0 Å². The monoisotopic (exact) mass is 366 g/mol. The maximum Gasteiger partial charge on any atom is 0.273 e. The topological polar surface area (TPSA) is 86.3 Å². The highest BCUT2D eigenvalue weighted by Gasteiger charge is 2.25. The lowest BCUT2D eigenvalue weighted by atomic mass is 10.0. The molecular formula is C20H26N6O. The number of aromatic amines is 1. The largest absolute Gasteiger partial charge is 0.359 e. The Morgan fingerprint density at radius 3 is 2.52 bits per heavy atom. The highest BCUT2D eigenvalue weighted by atomic mass is 16.2. The van der Waals surface area contributed by atoms with E-state index in [9.17, 15) is 4.79 Å². The molecule has 0 spiro atoms. The molecule has 7 heteroatoms. The first-order chi connectivity index (χ1) is 13.0. The van der Waals surface area contributed by atoms with Gasteiger partial charge in [0.15, 0.2) is 0 Å². The third kappa shape index (κ3) is 3.98. The number of carbonyl (C=O) groups is 1. The van der Waals surface area contributed by atoms with Gasteiger partial charge in [-0.2, -0.15) is 5.10 Å². The van der Waals surface area contributed by atoms with Crippen molar-refractivity contribution in [3.8, 4) is 0 Å². The molecule has 3 heterocycles. The molecule has 3 rings (SSSR count). The van der Waals surface area contributed by atoms with E-state index in [1.807, 2.05) is 6.08 Å². The zero-order valence-electron chi connectivity index (χ0n) is 16.3. The maximum atomic E-state index is 12.3. The number of aryl methyl sites for hydroxylation is 1. The summed E-state index contributed by atoms with van der Waals surface area (Å²) < 4.78 is 0. The molecule has 0 radical (unpaired) electrons. The molecule has 1 aliphatic heterocycles. The molecule has 2 aromatic rings. The number of rotatable bonds is 7. The minimum absolute atomic E-state index is 0.217. The Bertz CT molecular complexity index is 877. The normalized spacial score (nSPS) is 15.5. The van der Waals surface area contributed by atoms with Gasteiger partial charge in [-0.3, -0.25) is 4.79 Å². The molecule has 0 atom stereocenters. The number of hydrogen-bond acceptors (Lipinski definition) is 5. The molecule has 27 heavy (non-hydrogen) atoms. The molecule has 0 bridgehead atoms. The van der Waals surface area contributed by atoms with E-state index in [-0.39, 0.29) is 5.91 Å². The number of nitrogens with zero attached hydrogens (tertiary/aromatic N) is 4. The second-order valence-electron chi connectivity index (χ2n) is 6.63. The smallest absolute Gasteiger partial charge is 0.273 e. The summed E-state index contributed by atoms with van der Waals surface area (Å²) in [6, 6.07) is 0. The molecular weight excluding hydrogens is 340 g/mol. The van der Waals surface area contributed by atoms with Crippen LogP contribution in [-0.2, 0) is 11.2 Å². The van der Waals surface area contributed by atoms with Gasteiger partial charge in [0.1, 0.15) is 12.0 Å². The van der Waals surface area contributed by atoms with Gasteiger partial charge in [-0.25, -0.2) is 15.4 Å². The zero-order chi connectivity index (χ0) is 19.4. The number of nitrogens with one attached hydrogen (secondary N) is 2. The van der Waals surface area contributed by atoms with Gasteiger partial charge in [0.25, 0.3) is 5.91 Å². The Morgan fingerprint density at radius 2 is 1.85 bits per heavy atom. The lowest BCUT2D eigenvalue weighted by molar-refractivity contribution is -0.116. The van der Waals surface area contributed by atoms with Gasteiger partial charge >= 0.3 is 0 Å². The number of likely N-dealkylation sites (N-methyl/N-ethyl adjacent to an activating group) is 1. The van der Waals surface area contributed by atoms with Crippen LogP contribution in [0.1, 0.15) is 41.9 Å². The predicted molar refractivity (Wildman–Crippen MR) is 106 cm³/mol. The minimum Gasteiger partial charge on any atom is -0.359 e. The van der Waals surface area contributed by atoms with Crippen LogP contribution in [0.2, 0.25) is 0 Å². The van der Waals surface area contributed by atoms with E-state index in [4.69, 9.17) is 0 Å². The zero-order valence-corrected chi connectivity index (χ0v) is 16.3. The van der Waals surface area contributed by atoms with Crippen LogP contribution < -0.4 is 5.43 Å². The highest BCUT2D eigenvalue weighted by Crippen LogP contribution is 2.23. The molecule has 1 amide bonds. The van der Waals surface area contributed by atoms with Crippen molar-refractivity contribution in [2.75, 3.05) is 19.6 Å². The highest BCUT2D eigenvalue weighted by molar-refractivity contribution is 6.33. The molecule has 0 fully saturated rings. The SMILES string of the molecule is CCN(CC)CCc1c(C)[nH]c(C=C2C(=O)NN=C2c2cncnc2)c1C. The predicted octanol–water partition coefficient (Wildman–Crippen LogP) is 2.22. The number of H-pyrrole nitrogens is 1. The number of hydrogen-bond donors (Lipinski definition) is 2. The van der Waals surface area contributed by atoms with Crippen molar-refractivity contribution in [2.45, 2.75) is 34.1 Å². The Labute approximate surface area is 159 Å². The van der Waals surface area contributed by atoms with Gasteiger partial charge in [-0.15, -0.1) is 0 Å². The average molecular weight is 366 g/mol. The molecule has 0 saturated heterocycles. The van der Waals surface area contributed by atoms with Crippen LogP contribution in [0.15, 0.2) is 29.4 Å². The molecule has 0 unspecified atom stereocenters. The van der Waals surface area contributed by atoms with Crippen LogP contribution in [0.25, 0.3) is 6.08 Å². The fraction of sp³-hybridized carbons (Fsp3) is 0.400. The van der Waals surface area contributed by atoms with Gasteiger partial charge in [0.2, 0.25) is 0 Å². The fourth-order valence-corrected chi connectivity index (χ4v) is 3.40. The molecule has 0 aliphatic carbocycles. The van der Waals surface area contributed by atoms with Crippen molar-refractivity contribution in [3.63, 3.8) is 0 Å². The van der Waals surface area contributed by atoms with Crippen LogP contribution in [0.4, 0.5) is 0 Å². The molecule has 7 nitrogen and oxygen atoms in total. The third-order valence-electron chi connectivity index (χ3n) is 5.10. The second-order valence-corrected chi connectivity index (χ2v) is 6.63. The van der Waals surface area contributed by atoms with Crippen molar-refractivity contribution in [2.24, 2.45) is 5.10 Å². The quantitative estimate of drug-likeness (QED) is 0.736. The molecule has 142 valence electrons. The second kappa shape index (κ2) is 8.26. The van der Waals surface area contributed by atoms with Crippen LogP contribution in [0.3, 0.4) is 0 Å². The van der Waals surface area contributed by atoms with Gasteiger partial charge < -0.3 is 9.88 Å². The Morgan fingerprint density at radius 1 is 1.15 bits per heavy atom. The van der Waals surface area contributed by atoms with E-state index in [1.54, 1.807) is 12.4 Å². The molecule has 2 N–H and O–H groups in total. The van der Waals surface area contributed by atoms with Gasteiger partial charge in [-0.05, 0) is 50.6 Å². The van der Waals surface area contributed by atoms with Crippen molar-refractivity contribution < 1.29 is 4.79 Å². The average Bonchev–Trinajstić information content (AvgIpc) is 3.17. The van der Waals surface area contributed by atoms with Gasteiger partial charge in [0.05, 0.1) is 5.57 Å².